The predicted molar refractivity (Wildman–Crippen MR) is 127 cm³/mol. The first-order valence-electron chi connectivity index (χ1n) is 11.5. The topological polar surface area (TPSA) is 76.1 Å². The molecule has 2 amide bonds. The van der Waals surface area contributed by atoms with Crippen molar-refractivity contribution in [2.24, 2.45) is 11.8 Å². The van der Waals surface area contributed by atoms with Crippen LogP contribution in [0.5, 0.6) is 11.5 Å². The van der Waals surface area contributed by atoms with Gasteiger partial charge in [0.2, 0.25) is 18.6 Å². The smallest absolute Gasteiger partial charge is 0.240 e. The quantitative estimate of drug-likeness (QED) is 0.433. The van der Waals surface area contributed by atoms with Gasteiger partial charge in [0.05, 0.1) is 23.6 Å². The van der Waals surface area contributed by atoms with Crippen LogP contribution in [-0.2, 0) is 9.59 Å². The van der Waals surface area contributed by atoms with Gasteiger partial charge in [-0.05, 0) is 29.3 Å². The van der Waals surface area contributed by atoms with E-state index in [1.807, 2.05) is 47.5 Å². The van der Waals surface area contributed by atoms with Gasteiger partial charge in [-0.2, -0.15) is 0 Å². The average molecular weight is 464 g/mol. The molecule has 0 radical (unpaired) electrons. The van der Waals surface area contributed by atoms with Crippen LogP contribution in [0.3, 0.4) is 0 Å². The van der Waals surface area contributed by atoms with Gasteiger partial charge in [0.1, 0.15) is 6.04 Å². The van der Waals surface area contributed by atoms with E-state index in [1.165, 1.54) is 4.90 Å². The largest absolute Gasteiger partial charge is 0.454 e. The van der Waals surface area contributed by atoms with Gasteiger partial charge in [-0.15, -0.1) is 0 Å². The number of carbonyl (C=O) groups is 3. The van der Waals surface area contributed by atoms with E-state index in [1.54, 1.807) is 42.5 Å². The summed E-state index contributed by atoms with van der Waals surface area (Å²) < 4.78 is 10.9. The fraction of sp³-hybridized carbons (Fsp3) is 0.179. The van der Waals surface area contributed by atoms with E-state index < -0.39 is 23.9 Å². The molecule has 2 fully saturated rings. The van der Waals surface area contributed by atoms with Crippen LogP contribution in [0, 0.1) is 11.8 Å². The lowest BCUT2D eigenvalue weighted by Gasteiger charge is -2.35. The third-order valence-electron chi connectivity index (χ3n) is 7.40. The van der Waals surface area contributed by atoms with Gasteiger partial charge in [0.25, 0.3) is 0 Å². The lowest BCUT2D eigenvalue weighted by Crippen LogP contribution is -2.44. The van der Waals surface area contributed by atoms with Crippen molar-refractivity contribution < 1.29 is 23.9 Å². The summed E-state index contributed by atoms with van der Waals surface area (Å²) in [5.41, 5.74) is 2.88. The second-order valence-corrected chi connectivity index (χ2v) is 9.11. The van der Waals surface area contributed by atoms with Gasteiger partial charge in [0.15, 0.2) is 17.3 Å². The van der Waals surface area contributed by atoms with Crippen LogP contribution in [-0.4, -0.2) is 35.3 Å². The number of benzene rings is 3. The highest BCUT2D eigenvalue weighted by atomic mass is 16.7. The summed E-state index contributed by atoms with van der Waals surface area (Å²) in [6.07, 6.45) is 3.81. The van der Waals surface area contributed by atoms with Crippen molar-refractivity contribution >= 4 is 29.4 Å². The molecule has 4 aliphatic heterocycles. The molecule has 4 atom stereocenters. The van der Waals surface area contributed by atoms with Gasteiger partial charge in [-0.1, -0.05) is 54.6 Å². The average Bonchev–Trinajstić information content (AvgIpc) is 3.57. The fourth-order valence-corrected chi connectivity index (χ4v) is 5.91. The van der Waals surface area contributed by atoms with E-state index in [0.29, 0.717) is 22.7 Å². The minimum Gasteiger partial charge on any atom is -0.454 e. The molecule has 172 valence electrons. The van der Waals surface area contributed by atoms with Crippen molar-refractivity contribution in [2.45, 2.75) is 12.1 Å². The fourth-order valence-electron chi connectivity index (χ4n) is 5.91. The molecule has 7 nitrogen and oxygen atoms in total. The number of amides is 2. The first-order chi connectivity index (χ1) is 17.1. The number of hydrogen-bond acceptors (Lipinski definition) is 6. The van der Waals surface area contributed by atoms with Crippen LogP contribution in [0.2, 0.25) is 0 Å². The maximum absolute atomic E-state index is 13.9. The minimum absolute atomic E-state index is 0.0970. The normalized spacial score (nSPS) is 25.5. The second kappa shape index (κ2) is 7.30. The maximum atomic E-state index is 13.9. The highest BCUT2D eigenvalue weighted by Crippen LogP contribution is 2.54. The van der Waals surface area contributed by atoms with Crippen LogP contribution in [0.15, 0.2) is 79.0 Å². The number of Topliss-reactive ketones (excluding diaryl/α,β-unsaturated/α-hetero) is 1. The number of nitrogens with zero attached hydrogens (tertiary/aromatic N) is 2. The molecular formula is C28H20N2O5. The van der Waals surface area contributed by atoms with Gasteiger partial charge in [-0.3, -0.25) is 14.4 Å². The minimum atomic E-state index is -0.804. The molecule has 4 aliphatic rings. The predicted octanol–water partition coefficient (Wildman–Crippen LogP) is 3.81. The van der Waals surface area contributed by atoms with E-state index in [2.05, 4.69) is 0 Å². The Bertz CT molecular complexity index is 1430. The van der Waals surface area contributed by atoms with Crippen LogP contribution < -0.4 is 14.4 Å². The first kappa shape index (κ1) is 20.0. The van der Waals surface area contributed by atoms with Crippen LogP contribution in [0.1, 0.15) is 27.5 Å². The van der Waals surface area contributed by atoms with Crippen molar-refractivity contribution in [3.05, 3.63) is 95.7 Å². The Labute approximate surface area is 201 Å². The zero-order valence-corrected chi connectivity index (χ0v) is 18.5. The summed E-state index contributed by atoms with van der Waals surface area (Å²) in [4.78, 5) is 44.8. The summed E-state index contributed by atoms with van der Waals surface area (Å²) >= 11 is 0. The molecule has 0 bridgehead atoms. The molecule has 0 unspecified atom stereocenters. The molecule has 4 heterocycles. The highest BCUT2D eigenvalue weighted by molar-refractivity contribution is 6.24. The van der Waals surface area contributed by atoms with Crippen LogP contribution >= 0.6 is 0 Å². The first-order valence-corrected chi connectivity index (χ1v) is 11.5. The Morgan fingerprint density at radius 2 is 1.57 bits per heavy atom. The molecule has 35 heavy (non-hydrogen) atoms. The zero-order chi connectivity index (χ0) is 23.7. The van der Waals surface area contributed by atoms with Crippen molar-refractivity contribution in [1.82, 2.24) is 4.90 Å². The number of ether oxygens (including phenoxy) is 2. The third-order valence-corrected chi connectivity index (χ3v) is 7.40. The van der Waals surface area contributed by atoms with E-state index >= 15 is 0 Å². The summed E-state index contributed by atoms with van der Waals surface area (Å²) in [7, 11) is 0. The number of ketones is 1. The van der Waals surface area contributed by atoms with Crippen LogP contribution in [0.4, 0.5) is 5.69 Å². The Morgan fingerprint density at radius 1 is 0.829 bits per heavy atom. The second-order valence-electron chi connectivity index (χ2n) is 9.11. The molecule has 0 N–H and O–H groups in total. The molecule has 0 aromatic heterocycles. The summed E-state index contributed by atoms with van der Waals surface area (Å²) in [6, 6.07) is 20.6. The lowest BCUT2D eigenvalue weighted by atomic mass is 9.83. The van der Waals surface area contributed by atoms with E-state index in [0.717, 1.165) is 11.1 Å². The number of hydrogen-bond donors (Lipinski definition) is 0. The van der Waals surface area contributed by atoms with Gasteiger partial charge in [-0.25, -0.2) is 4.90 Å². The number of imide groups is 1. The number of rotatable bonds is 3. The highest BCUT2D eigenvalue weighted by Gasteiger charge is 2.64. The van der Waals surface area contributed by atoms with Crippen LogP contribution in [0.25, 0.3) is 6.08 Å². The van der Waals surface area contributed by atoms with Gasteiger partial charge < -0.3 is 14.4 Å². The molecule has 3 aromatic carbocycles. The van der Waals surface area contributed by atoms with Crippen molar-refractivity contribution in [1.29, 1.82) is 0 Å². The Morgan fingerprint density at radius 3 is 2.43 bits per heavy atom. The Kier molecular flexibility index (Phi) is 4.18. The zero-order valence-electron chi connectivity index (χ0n) is 18.5. The number of carbonyl (C=O) groups excluding carboxylic acids is 3. The molecule has 0 aliphatic carbocycles. The molecule has 3 aromatic rings. The monoisotopic (exact) mass is 464 g/mol. The van der Waals surface area contributed by atoms with E-state index in [-0.39, 0.29) is 24.4 Å². The van der Waals surface area contributed by atoms with E-state index in [9.17, 15) is 14.4 Å². The molecule has 7 heteroatoms. The third kappa shape index (κ3) is 2.75. The number of anilines is 1. The van der Waals surface area contributed by atoms with Gasteiger partial charge >= 0.3 is 0 Å². The Hall–Kier alpha value is -4.39. The molecule has 2 saturated heterocycles. The molecule has 7 rings (SSSR count). The molecular weight excluding hydrogens is 444 g/mol. The summed E-state index contributed by atoms with van der Waals surface area (Å²) in [6.45, 7) is 0.0970. The van der Waals surface area contributed by atoms with Gasteiger partial charge in [0, 0.05) is 17.8 Å². The molecule has 0 spiro atoms. The maximum Gasteiger partial charge on any atom is 0.240 e. The number of fused-ring (bicyclic) bond motifs is 6. The Balaban J connectivity index is 1.36. The SMILES string of the molecule is O=C(c1ccccc1)[C@H]1[C@H]2C(=O)N(c3ccc4c(c3)OCO4)C(=O)[C@H]2[C@@H]2c3ccccc3C=CN12. The summed E-state index contributed by atoms with van der Waals surface area (Å²) in [5, 5.41) is 0. The van der Waals surface area contributed by atoms with Crippen molar-refractivity contribution in [3.8, 4) is 11.5 Å². The lowest BCUT2D eigenvalue weighted by molar-refractivity contribution is -0.123. The van der Waals surface area contributed by atoms with Crippen molar-refractivity contribution in [3.63, 3.8) is 0 Å². The van der Waals surface area contributed by atoms with E-state index in [4.69, 9.17) is 9.47 Å². The standard InChI is InChI=1S/C28H20N2O5/c31-26(17-7-2-1-3-8-17)25-23-22(24-19-9-5-4-6-16(19)12-13-29(24)25)27(32)30(28(23)33)18-10-11-20-21(14-18)35-15-34-20/h1-14,22-25H,15H2/t22-,23+,24+,25-/m1/s1. The van der Waals surface area contributed by atoms with Crippen molar-refractivity contribution in [2.75, 3.05) is 11.7 Å². The molecule has 0 saturated carbocycles. The summed E-state index contributed by atoms with van der Waals surface area (Å²) in [5.74, 6) is -1.26.